The number of hydrogen-bond acceptors (Lipinski definition) is 4. The lowest BCUT2D eigenvalue weighted by atomic mass is 9.93. The van der Waals surface area contributed by atoms with E-state index in [1.54, 1.807) is 11.0 Å². The summed E-state index contributed by atoms with van der Waals surface area (Å²) in [5.74, 6) is -0.604. The maximum atomic E-state index is 11.7. The van der Waals surface area contributed by atoms with Gasteiger partial charge in [-0.15, -0.1) is 0 Å². The molecule has 94 valence electrons. The molecule has 0 spiro atoms. The number of nitrogens with zero attached hydrogens (tertiary/aromatic N) is 2. The minimum Gasteiger partial charge on any atom is -0.444 e. The first-order chi connectivity index (χ1) is 7.83. The maximum Gasteiger partial charge on any atom is 0.410 e. The van der Waals surface area contributed by atoms with E-state index >= 15 is 0 Å². The molecule has 1 rings (SSSR count). The third-order valence-corrected chi connectivity index (χ3v) is 2.63. The van der Waals surface area contributed by atoms with Crippen molar-refractivity contribution >= 4 is 11.9 Å². The van der Waals surface area contributed by atoms with E-state index in [0.29, 0.717) is 25.9 Å². The van der Waals surface area contributed by atoms with Crippen molar-refractivity contribution in [3.63, 3.8) is 0 Å². The van der Waals surface area contributed by atoms with Gasteiger partial charge in [0.05, 0.1) is 0 Å². The quantitative estimate of drug-likeness (QED) is 0.652. The number of ether oxygens (including phenoxy) is 1. The van der Waals surface area contributed by atoms with Crippen LogP contribution in [-0.4, -0.2) is 35.5 Å². The second kappa shape index (κ2) is 5.17. The molecule has 0 atom stereocenters. The Morgan fingerprint density at radius 1 is 1.29 bits per heavy atom. The molecule has 0 aromatic heterocycles. The van der Waals surface area contributed by atoms with Crippen LogP contribution in [0.3, 0.4) is 0 Å². The van der Waals surface area contributed by atoms with Gasteiger partial charge in [-0.05, 0) is 33.6 Å². The van der Waals surface area contributed by atoms with Gasteiger partial charge in [0.25, 0.3) is 0 Å². The van der Waals surface area contributed by atoms with Gasteiger partial charge >= 0.3 is 6.09 Å². The minimum absolute atomic E-state index is 0.223. The number of piperidine rings is 1. The molecular weight excluding hydrogens is 220 g/mol. The van der Waals surface area contributed by atoms with Crippen molar-refractivity contribution in [2.24, 2.45) is 5.92 Å². The predicted molar refractivity (Wildman–Crippen MR) is 61.2 cm³/mol. The van der Waals surface area contributed by atoms with Gasteiger partial charge in [0, 0.05) is 19.0 Å². The Balaban J connectivity index is 2.45. The number of nitriles is 1. The lowest BCUT2D eigenvalue weighted by Gasteiger charge is -2.32. The second-order valence-electron chi connectivity index (χ2n) is 5.22. The molecule has 1 aliphatic heterocycles. The summed E-state index contributed by atoms with van der Waals surface area (Å²) >= 11 is 0. The van der Waals surface area contributed by atoms with Gasteiger partial charge in [-0.3, -0.25) is 4.79 Å². The molecule has 0 aromatic rings. The van der Waals surface area contributed by atoms with Crippen LogP contribution in [0.15, 0.2) is 0 Å². The van der Waals surface area contributed by atoms with Crippen LogP contribution in [0.2, 0.25) is 0 Å². The first-order valence-corrected chi connectivity index (χ1v) is 5.75. The predicted octanol–water partition coefficient (Wildman–Crippen LogP) is 1.73. The Morgan fingerprint density at radius 2 is 1.82 bits per heavy atom. The molecule has 1 amide bonds. The van der Waals surface area contributed by atoms with Gasteiger partial charge in [0.15, 0.2) is 0 Å². The summed E-state index contributed by atoms with van der Waals surface area (Å²) in [7, 11) is 0. The lowest BCUT2D eigenvalue weighted by Crippen LogP contribution is -2.42. The SMILES string of the molecule is CC(C)(C)OC(=O)N1CCC(C(=O)C#N)CC1. The van der Waals surface area contributed by atoms with Crippen molar-refractivity contribution in [2.75, 3.05) is 13.1 Å². The van der Waals surface area contributed by atoms with Gasteiger partial charge in [0.1, 0.15) is 11.7 Å². The fraction of sp³-hybridized carbons (Fsp3) is 0.750. The first-order valence-electron chi connectivity index (χ1n) is 5.75. The molecule has 1 heterocycles. The van der Waals surface area contributed by atoms with E-state index in [-0.39, 0.29) is 17.8 Å². The lowest BCUT2D eigenvalue weighted by molar-refractivity contribution is -0.118. The number of carbonyl (C=O) groups excluding carboxylic acids is 2. The van der Waals surface area contributed by atoms with E-state index < -0.39 is 5.60 Å². The fourth-order valence-corrected chi connectivity index (χ4v) is 1.74. The average Bonchev–Trinajstić information content (AvgIpc) is 2.26. The van der Waals surface area contributed by atoms with E-state index in [4.69, 9.17) is 10.00 Å². The zero-order valence-electron chi connectivity index (χ0n) is 10.5. The maximum absolute atomic E-state index is 11.7. The van der Waals surface area contributed by atoms with E-state index in [0.717, 1.165) is 0 Å². The second-order valence-corrected chi connectivity index (χ2v) is 5.22. The number of carbonyl (C=O) groups is 2. The molecule has 0 radical (unpaired) electrons. The summed E-state index contributed by atoms with van der Waals surface area (Å²) in [6, 6.07) is 1.64. The van der Waals surface area contributed by atoms with Crippen LogP contribution in [0.25, 0.3) is 0 Å². The molecule has 0 aliphatic carbocycles. The average molecular weight is 238 g/mol. The summed E-state index contributed by atoms with van der Waals surface area (Å²) in [6.07, 6.45) is 0.748. The molecule has 5 nitrogen and oxygen atoms in total. The smallest absolute Gasteiger partial charge is 0.410 e. The van der Waals surface area contributed by atoms with Crippen LogP contribution >= 0.6 is 0 Å². The number of hydrogen-bond donors (Lipinski definition) is 0. The molecule has 0 unspecified atom stereocenters. The molecule has 1 aliphatic rings. The molecule has 0 aromatic carbocycles. The van der Waals surface area contributed by atoms with Crippen molar-refractivity contribution in [1.82, 2.24) is 4.90 Å². The highest BCUT2D eigenvalue weighted by Gasteiger charge is 2.29. The van der Waals surface area contributed by atoms with E-state index in [2.05, 4.69) is 0 Å². The number of Topliss-reactive ketones (excluding diaryl/α,β-unsaturated/α-hetero) is 1. The number of likely N-dealkylation sites (tertiary alicyclic amines) is 1. The van der Waals surface area contributed by atoms with E-state index in [9.17, 15) is 9.59 Å². The van der Waals surface area contributed by atoms with Crippen molar-refractivity contribution in [3.8, 4) is 6.07 Å². The van der Waals surface area contributed by atoms with Crippen LogP contribution in [-0.2, 0) is 9.53 Å². The van der Waals surface area contributed by atoms with Crippen LogP contribution < -0.4 is 0 Å². The third-order valence-electron chi connectivity index (χ3n) is 2.63. The Kier molecular flexibility index (Phi) is 4.11. The zero-order valence-corrected chi connectivity index (χ0v) is 10.5. The fourth-order valence-electron chi connectivity index (χ4n) is 1.74. The monoisotopic (exact) mass is 238 g/mol. The van der Waals surface area contributed by atoms with Gasteiger partial charge in [-0.1, -0.05) is 0 Å². The molecule has 1 fully saturated rings. The Labute approximate surface area is 101 Å². The van der Waals surface area contributed by atoms with Crippen LogP contribution in [0.5, 0.6) is 0 Å². The van der Waals surface area contributed by atoms with E-state index in [1.165, 1.54) is 0 Å². The van der Waals surface area contributed by atoms with Crippen LogP contribution in [0, 0.1) is 17.2 Å². The van der Waals surface area contributed by atoms with Crippen molar-refractivity contribution in [2.45, 2.75) is 39.2 Å². The van der Waals surface area contributed by atoms with Gasteiger partial charge in [0.2, 0.25) is 5.78 Å². The third kappa shape index (κ3) is 4.06. The van der Waals surface area contributed by atoms with Crippen molar-refractivity contribution in [1.29, 1.82) is 5.26 Å². The molecule has 0 bridgehead atoms. The molecule has 17 heavy (non-hydrogen) atoms. The molecule has 5 heteroatoms. The highest BCUT2D eigenvalue weighted by Crippen LogP contribution is 2.20. The Hall–Kier alpha value is -1.57. The molecular formula is C12H18N2O3. The molecule has 0 saturated carbocycles. The summed E-state index contributed by atoms with van der Waals surface area (Å²) < 4.78 is 5.24. The first kappa shape index (κ1) is 13.5. The number of ketones is 1. The van der Waals surface area contributed by atoms with Gasteiger partial charge in [-0.2, -0.15) is 5.26 Å². The van der Waals surface area contributed by atoms with Crippen molar-refractivity contribution < 1.29 is 14.3 Å². The summed E-state index contributed by atoms with van der Waals surface area (Å²) in [5, 5.41) is 8.51. The summed E-state index contributed by atoms with van der Waals surface area (Å²) in [4.78, 5) is 24.5. The Bertz CT molecular complexity index is 344. The normalized spacial score (nSPS) is 17.4. The van der Waals surface area contributed by atoms with Gasteiger partial charge in [-0.25, -0.2) is 4.79 Å². The van der Waals surface area contributed by atoms with Gasteiger partial charge < -0.3 is 9.64 Å². The molecule has 0 N–H and O–H groups in total. The molecule has 1 saturated heterocycles. The highest BCUT2D eigenvalue weighted by atomic mass is 16.6. The topological polar surface area (TPSA) is 70.4 Å². The summed E-state index contributed by atoms with van der Waals surface area (Å²) in [6.45, 7) is 6.41. The largest absolute Gasteiger partial charge is 0.444 e. The standard InChI is InChI=1S/C12H18N2O3/c1-12(2,3)17-11(16)14-6-4-9(5-7-14)10(15)8-13/h9H,4-7H2,1-3H3. The van der Waals surface area contributed by atoms with E-state index in [1.807, 2.05) is 20.8 Å². The van der Waals surface area contributed by atoms with Crippen LogP contribution in [0.4, 0.5) is 4.79 Å². The highest BCUT2D eigenvalue weighted by molar-refractivity contribution is 5.95. The summed E-state index contributed by atoms with van der Waals surface area (Å²) in [5.41, 5.74) is -0.504. The number of amides is 1. The van der Waals surface area contributed by atoms with Crippen LogP contribution in [0.1, 0.15) is 33.6 Å². The zero-order chi connectivity index (χ0) is 13.1. The Morgan fingerprint density at radius 3 is 2.24 bits per heavy atom. The number of rotatable bonds is 1. The minimum atomic E-state index is -0.504. The van der Waals surface area contributed by atoms with Crippen molar-refractivity contribution in [3.05, 3.63) is 0 Å².